The van der Waals surface area contributed by atoms with Crippen molar-refractivity contribution in [1.29, 1.82) is 0 Å². The Morgan fingerprint density at radius 2 is 1.80 bits per heavy atom. The molecule has 0 atom stereocenters. The van der Waals surface area contributed by atoms with Crippen molar-refractivity contribution in [1.82, 2.24) is 4.98 Å². The van der Waals surface area contributed by atoms with Gasteiger partial charge in [-0.05, 0) is 48.4 Å². The molecule has 0 saturated heterocycles. The van der Waals surface area contributed by atoms with E-state index in [1.165, 1.54) is 0 Å². The number of benzene rings is 2. The standard InChI is InChI=1S/C20H18BrN3O/c1-14-4-2-3-5-18(14)23-17-10-11-19(22-13-17)24-20(25)12-15-6-8-16(21)9-7-15/h2-11,13,23H,12H2,1H3,(H,22,24,25). The number of carbonyl (C=O) groups excluding carboxylic acids is 1. The van der Waals surface area contributed by atoms with E-state index in [1.54, 1.807) is 12.3 Å². The van der Waals surface area contributed by atoms with E-state index in [1.807, 2.05) is 61.5 Å². The van der Waals surface area contributed by atoms with Gasteiger partial charge in [-0.3, -0.25) is 4.79 Å². The zero-order valence-electron chi connectivity index (χ0n) is 13.8. The van der Waals surface area contributed by atoms with E-state index in [9.17, 15) is 4.79 Å². The van der Waals surface area contributed by atoms with Crippen LogP contribution < -0.4 is 10.6 Å². The molecule has 3 aromatic rings. The van der Waals surface area contributed by atoms with Gasteiger partial charge >= 0.3 is 0 Å². The van der Waals surface area contributed by atoms with Gasteiger partial charge < -0.3 is 10.6 Å². The number of pyridine rings is 1. The average molecular weight is 396 g/mol. The lowest BCUT2D eigenvalue weighted by Crippen LogP contribution is -2.15. The van der Waals surface area contributed by atoms with Crippen molar-refractivity contribution in [2.75, 3.05) is 10.6 Å². The van der Waals surface area contributed by atoms with Gasteiger partial charge in [0.25, 0.3) is 0 Å². The minimum absolute atomic E-state index is 0.0885. The van der Waals surface area contributed by atoms with Crippen LogP contribution in [0.2, 0.25) is 0 Å². The summed E-state index contributed by atoms with van der Waals surface area (Å²) in [5.41, 5.74) is 4.03. The van der Waals surface area contributed by atoms with Gasteiger partial charge in [-0.25, -0.2) is 4.98 Å². The Morgan fingerprint density at radius 1 is 1.04 bits per heavy atom. The molecule has 1 heterocycles. The zero-order valence-corrected chi connectivity index (χ0v) is 15.4. The SMILES string of the molecule is Cc1ccccc1Nc1ccc(NC(=O)Cc2ccc(Br)cc2)nc1. The second-order valence-corrected chi connectivity index (χ2v) is 6.64. The molecule has 0 aliphatic heterocycles. The molecule has 0 radical (unpaired) electrons. The van der Waals surface area contributed by atoms with Gasteiger partial charge in [-0.1, -0.05) is 46.3 Å². The van der Waals surface area contributed by atoms with Gasteiger partial charge in [-0.2, -0.15) is 0 Å². The molecule has 0 aliphatic rings. The van der Waals surface area contributed by atoms with Gasteiger partial charge in [0, 0.05) is 10.2 Å². The highest BCUT2D eigenvalue weighted by molar-refractivity contribution is 9.10. The molecule has 0 fully saturated rings. The second-order valence-electron chi connectivity index (χ2n) is 5.72. The van der Waals surface area contributed by atoms with Crippen molar-refractivity contribution in [3.8, 4) is 0 Å². The van der Waals surface area contributed by atoms with Crippen LogP contribution in [0.25, 0.3) is 0 Å². The summed E-state index contributed by atoms with van der Waals surface area (Å²) < 4.78 is 0.995. The van der Waals surface area contributed by atoms with Crippen LogP contribution in [0.4, 0.5) is 17.2 Å². The van der Waals surface area contributed by atoms with E-state index < -0.39 is 0 Å². The fraction of sp³-hybridized carbons (Fsp3) is 0.100. The van der Waals surface area contributed by atoms with Crippen molar-refractivity contribution in [3.63, 3.8) is 0 Å². The van der Waals surface area contributed by atoms with Crippen LogP contribution in [-0.2, 0) is 11.2 Å². The molecule has 126 valence electrons. The molecule has 2 N–H and O–H groups in total. The number of nitrogens with one attached hydrogen (secondary N) is 2. The Morgan fingerprint density at radius 3 is 2.48 bits per heavy atom. The number of para-hydroxylation sites is 1. The summed E-state index contributed by atoms with van der Waals surface area (Å²) in [7, 11) is 0. The van der Waals surface area contributed by atoms with Crippen LogP contribution in [0.1, 0.15) is 11.1 Å². The highest BCUT2D eigenvalue weighted by atomic mass is 79.9. The third-order valence-electron chi connectivity index (χ3n) is 3.73. The van der Waals surface area contributed by atoms with Crippen molar-refractivity contribution in [2.24, 2.45) is 0 Å². The predicted molar refractivity (Wildman–Crippen MR) is 105 cm³/mol. The number of aryl methyl sites for hydroxylation is 1. The van der Waals surface area contributed by atoms with E-state index in [-0.39, 0.29) is 5.91 Å². The van der Waals surface area contributed by atoms with Crippen LogP contribution in [0.15, 0.2) is 71.3 Å². The minimum Gasteiger partial charge on any atom is -0.354 e. The molecule has 5 heteroatoms. The molecule has 0 aliphatic carbocycles. The first-order valence-corrected chi connectivity index (χ1v) is 8.72. The quantitative estimate of drug-likeness (QED) is 0.633. The van der Waals surface area contributed by atoms with Gasteiger partial charge in [0.1, 0.15) is 5.82 Å². The van der Waals surface area contributed by atoms with Crippen LogP contribution in [0, 0.1) is 6.92 Å². The third-order valence-corrected chi connectivity index (χ3v) is 4.26. The summed E-state index contributed by atoms with van der Waals surface area (Å²) >= 11 is 3.38. The lowest BCUT2D eigenvalue weighted by molar-refractivity contribution is -0.115. The van der Waals surface area contributed by atoms with Crippen molar-refractivity contribution < 1.29 is 4.79 Å². The van der Waals surface area contributed by atoms with E-state index in [2.05, 4.69) is 31.5 Å². The van der Waals surface area contributed by atoms with E-state index in [0.29, 0.717) is 12.2 Å². The van der Waals surface area contributed by atoms with Gasteiger partial charge in [0.05, 0.1) is 18.3 Å². The predicted octanol–water partition coefficient (Wildman–Crippen LogP) is 5.08. The molecule has 3 rings (SSSR count). The highest BCUT2D eigenvalue weighted by Crippen LogP contribution is 2.20. The fourth-order valence-electron chi connectivity index (χ4n) is 2.39. The highest BCUT2D eigenvalue weighted by Gasteiger charge is 2.05. The lowest BCUT2D eigenvalue weighted by Gasteiger charge is -2.10. The Bertz CT molecular complexity index is 861. The molecule has 25 heavy (non-hydrogen) atoms. The van der Waals surface area contributed by atoms with Gasteiger partial charge in [0.15, 0.2) is 0 Å². The summed E-state index contributed by atoms with van der Waals surface area (Å²) in [6.45, 7) is 2.05. The summed E-state index contributed by atoms with van der Waals surface area (Å²) in [5, 5.41) is 6.14. The molecule has 1 aromatic heterocycles. The molecule has 0 unspecified atom stereocenters. The van der Waals surface area contributed by atoms with Gasteiger partial charge in [-0.15, -0.1) is 0 Å². The molecule has 0 saturated carbocycles. The van der Waals surface area contributed by atoms with Crippen LogP contribution >= 0.6 is 15.9 Å². The largest absolute Gasteiger partial charge is 0.354 e. The smallest absolute Gasteiger partial charge is 0.229 e. The number of aromatic nitrogens is 1. The van der Waals surface area contributed by atoms with Crippen LogP contribution in [-0.4, -0.2) is 10.9 Å². The molecule has 0 spiro atoms. The number of halogens is 1. The van der Waals surface area contributed by atoms with Crippen LogP contribution in [0.5, 0.6) is 0 Å². The summed E-state index contributed by atoms with van der Waals surface area (Å²) in [4.78, 5) is 16.4. The molecular weight excluding hydrogens is 378 g/mol. The second kappa shape index (κ2) is 7.94. The first kappa shape index (κ1) is 17.2. The van der Waals surface area contributed by atoms with Gasteiger partial charge in [0.2, 0.25) is 5.91 Å². The van der Waals surface area contributed by atoms with E-state index in [4.69, 9.17) is 0 Å². The summed E-state index contributed by atoms with van der Waals surface area (Å²) in [5.74, 6) is 0.451. The number of nitrogens with zero attached hydrogens (tertiary/aromatic N) is 1. The molecule has 0 bridgehead atoms. The number of carbonyl (C=O) groups is 1. The maximum Gasteiger partial charge on any atom is 0.229 e. The molecule has 1 amide bonds. The number of hydrogen-bond donors (Lipinski definition) is 2. The Kier molecular flexibility index (Phi) is 5.46. The first-order chi connectivity index (χ1) is 12.1. The van der Waals surface area contributed by atoms with E-state index in [0.717, 1.165) is 27.0 Å². The lowest BCUT2D eigenvalue weighted by atomic mass is 10.1. The molecular formula is C20H18BrN3O. The Labute approximate surface area is 155 Å². The average Bonchev–Trinajstić information content (AvgIpc) is 2.61. The van der Waals surface area contributed by atoms with Crippen molar-refractivity contribution >= 4 is 39.0 Å². The maximum absolute atomic E-state index is 12.1. The van der Waals surface area contributed by atoms with E-state index >= 15 is 0 Å². The number of rotatable bonds is 5. The fourth-order valence-corrected chi connectivity index (χ4v) is 2.65. The third kappa shape index (κ3) is 4.90. The summed E-state index contributed by atoms with van der Waals surface area (Å²) in [6, 6.07) is 19.4. The number of amides is 1. The number of anilines is 3. The maximum atomic E-state index is 12.1. The topological polar surface area (TPSA) is 54.0 Å². The zero-order chi connectivity index (χ0) is 17.6. The number of hydrogen-bond acceptors (Lipinski definition) is 3. The monoisotopic (exact) mass is 395 g/mol. The normalized spacial score (nSPS) is 10.3. The van der Waals surface area contributed by atoms with Crippen molar-refractivity contribution in [2.45, 2.75) is 13.3 Å². The molecule has 2 aromatic carbocycles. The minimum atomic E-state index is -0.0885. The Hall–Kier alpha value is -2.66. The molecule has 4 nitrogen and oxygen atoms in total. The van der Waals surface area contributed by atoms with Crippen molar-refractivity contribution in [3.05, 3.63) is 82.5 Å². The Balaban J connectivity index is 1.59. The summed E-state index contributed by atoms with van der Waals surface area (Å²) in [6.07, 6.45) is 2.03. The first-order valence-electron chi connectivity index (χ1n) is 7.93. The van der Waals surface area contributed by atoms with Crippen LogP contribution in [0.3, 0.4) is 0 Å².